The Balaban J connectivity index is 2.87. The molecule has 110 valence electrons. The number of carbonyl (C=O) groups excluding carboxylic acids is 1. The highest BCUT2D eigenvalue weighted by Crippen LogP contribution is 2.28. The van der Waals surface area contributed by atoms with E-state index in [0.29, 0.717) is 13.0 Å². The fourth-order valence-electron chi connectivity index (χ4n) is 1.59. The van der Waals surface area contributed by atoms with Crippen LogP contribution >= 0.6 is 0 Å². The van der Waals surface area contributed by atoms with Crippen molar-refractivity contribution in [3.05, 3.63) is 30.3 Å². The van der Waals surface area contributed by atoms with Crippen LogP contribution in [-0.4, -0.2) is 23.3 Å². The molecule has 20 heavy (non-hydrogen) atoms. The average molecular weight is 278 g/mol. The van der Waals surface area contributed by atoms with Crippen molar-refractivity contribution in [1.82, 2.24) is 0 Å². The van der Waals surface area contributed by atoms with Crippen molar-refractivity contribution in [1.29, 1.82) is 0 Å². The van der Waals surface area contributed by atoms with Crippen LogP contribution in [0.2, 0.25) is 0 Å². The topological polar surface area (TPSA) is 84.6 Å². The minimum atomic E-state index is -0.616. The van der Waals surface area contributed by atoms with Crippen molar-refractivity contribution in [2.45, 2.75) is 32.8 Å². The van der Waals surface area contributed by atoms with E-state index < -0.39 is 11.7 Å². The van der Waals surface area contributed by atoms with E-state index in [1.807, 2.05) is 0 Å². The molecule has 1 rings (SSSR count). The van der Waals surface area contributed by atoms with Crippen LogP contribution in [0, 0.1) is 0 Å². The Morgan fingerprint density at radius 3 is 2.65 bits per heavy atom. The largest absolute Gasteiger partial charge is 0.506 e. The van der Waals surface area contributed by atoms with Crippen LogP contribution in [0.1, 0.15) is 32.8 Å². The van der Waals surface area contributed by atoms with Gasteiger partial charge in [0.05, 0.1) is 5.69 Å². The first-order valence-corrected chi connectivity index (χ1v) is 6.44. The van der Waals surface area contributed by atoms with Crippen LogP contribution in [0.4, 0.5) is 10.5 Å². The molecule has 0 aliphatic carbocycles. The van der Waals surface area contributed by atoms with Crippen LogP contribution < -0.4 is 11.1 Å². The van der Waals surface area contributed by atoms with E-state index in [1.54, 1.807) is 32.9 Å². The molecule has 5 nitrogen and oxygen atoms in total. The van der Waals surface area contributed by atoms with Gasteiger partial charge in [-0.25, -0.2) is 4.79 Å². The number of nitrogens with two attached hydrogens (primary N) is 1. The van der Waals surface area contributed by atoms with E-state index in [9.17, 15) is 9.90 Å². The average Bonchev–Trinajstić information content (AvgIpc) is 2.29. The lowest BCUT2D eigenvalue weighted by molar-refractivity contribution is 0.0635. The first-order valence-electron chi connectivity index (χ1n) is 6.44. The minimum Gasteiger partial charge on any atom is -0.506 e. The summed E-state index contributed by atoms with van der Waals surface area (Å²) in [5, 5.41) is 12.3. The predicted molar refractivity (Wildman–Crippen MR) is 80.7 cm³/mol. The summed E-state index contributed by atoms with van der Waals surface area (Å²) in [4.78, 5) is 11.7. The third-order valence-corrected chi connectivity index (χ3v) is 2.49. The molecule has 0 saturated heterocycles. The minimum absolute atomic E-state index is 0.0276. The molecule has 1 aromatic carbocycles. The summed E-state index contributed by atoms with van der Waals surface area (Å²) in [6, 6.07) is 4.88. The normalized spacial score (nSPS) is 11.0. The number of nitrogens with one attached hydrogen (secondary N) is 1. The van der Waals surface area contributed by atoms with Crippen molar-refractivity contribution < 1.29 is 14.6 Å². The van der Waals surface area contributed by atoms with Crippen molar-refractivity contribution in [2.75, 3.05) is 11.9 Å². The van der Waals surface area contributed by atoms with Gasteiger partial charge >= 0.3 is 6.09 Å². The van der Waals surface area contributed by atoms with Gasteiger partial charge in [-0.15, -0.1) is 0 Å². The van der Waals surface area contributed by atoms with Gasteiger partial charge in [0.1, 0.15) is 11.4 Å². The van der Waals surface area contributed by atoms with Crippen molar-refractivity contribution in [2.24, 2.45) is 5.73 Å². The fourth-order valence-corrected chi connectivity index (χ4v) is 1.59. The number of benzene rings is 1. The molecule has 0 unspecified atom stereocenters. The number of hydrogen-bond donors (Lipinski definition) is 3. The molecular weight excluding hydrogens is 256 g/mol. The lowest BCUT2D eigenvalue weighted by Crippen LogP contribution is -2.27. The maximum Gasteiger partial charge on any atom is 0.412 e. The fraction of sp³-hybridized carbons (Fsp3) is 0.400. The number of anilines is 1. The lowest BCUT2D eigenvalue weighted by Gasteiger charge is -2.20. The van der Waals surface area contributed by atoms with E-state index in [4.69, 9.17) is 10.5 Å². The van der Waals surface area contributed by atoms with Crippen LogP contribution in [0.25, 0.3) is 5.57 Å². The van der Waals surface area contributed by atoms with E-state index in [-0.39, 0.29) is 11.4 Å². The lowest BCUT2D eigenvalue weighted by atomic mass is 10.0. The molecular formula is C15H22N2O3. The van der Waals surface area contributed by atoms with Gasteiger partial charge in [0.15, 0.2) is 0 Å². The Kier molecular flexibility index (Phi) is 5.16. The summed E-state index contributed by atoms with van der Waals surface area (Å²) in [6.07, 6.45) is 0.0331. The summed E-state index contributed by atoms with van der Waals surface area (Å²) in [5.74, 6) is -0.0276. The number of aromatic hydroxyl groups is 1. The van der Waals surface area contributed by atoms with Gasteiger partial charge in [-0.2, -0.15) is 0 Å². The van der Waals surface area contributed by atoms with E-state index in [2.05, 4.69) is 11.9 Å². The molecule has 0 fully saturated rings. The monoisotopic (exact) mass is 278 g/mol. The Hall–Kier alpha value is -2.01. The molecule has 5 heteroatoms. The molecule has 0 aromatic heterocycles. The van der Waals surface area contributed by atoms with Crippen LogP contribution in [0.3, 0.4) is 0 Å². The summed E-state index contributed by atoms with van der Waals surface area (Å²) < 4.78 is 5.14. The molecule has 0 aliphatic heterocycles. The first kappa shape index (κ1) is 16.0. The maximum absolute atomic E-state index is 11.7. The highest BCUT2D eigenvalue weighted by molar-refractivity contribution is 5.88. The molecule has 0 saturated carbocycles. The zero-order valence-electron chi connectivity index (χ0n) is 12.2. The number of rotatable bonds is 4. The number of amides is 1. The highest BCUT2D eigenvalue weighted by Gasteiger charge is 2.17. The third kappa shape index (κ3) is 4.93. The van der Waals surface area contributed by atoms with Crippen LogP contribution in [0.5, 0.6) is 5.75 Å². The van der Waals surface area contributed by atoms with Crippen molar-refractivity contribution in [3.8, 4) is 5.75 Å². The second-order valence-electron chi connectivity index (χ2n) is 5.50. The molecule has 0 aliphatic rings. The Bertz CT molecular complexity index is 504. The molecule has 0 heterocycles. The van der Waals surface area contributed by atoms with Gasteiger partial charge in [0.25, 0.3) is 0 Å². The number of carbonyl (C=O) groups is 1. The molecule has 4 N–H and O–H groups in total. The molecule has 1 aromatic rings. The first-order chi connectivity index (χ1) is 9.23. The second-order valence-corrected chi connectivity index (χ2v) is 5.50. The Morgan fingerprint density at radius 2 is 2.10 bits per heavy atom. The smallest absolute Gasteiger partial charge is 0.412 e. The summed E-state index contributed by atoms with van der Waals surface area (Å²) >= 11 is 0. The predicted octanol–water partition coefficient (Wildman–Crippen LogP) is 3.10. The van der Waals surface area contributed by atoms with Crippen LogP contribution in [-0.2, 0) is 4.74 Å². The van der Waals surface area contributed by atoms with Crippen molar-refractivity contribution >= 4 is 17.4 Å². The summed E-state index contributed by atoms with van der Waals surface area (Å²) in [5.41, 5.74) is 6.84. The van der Waals surface area contributed by atoms with Gasteiger partial charge in [0.2, 0.25) is 0 Å². The maximum atomic E-state index is 11.7. The second kappa shape index (κ2) is 6.43. The zero-order valence-corrected chi connectivity index (χ0v) is 12.2. The molecule has 0 spiro atoms. The molecule has 0 bridgehead atoms. The number of phenolic OH excluding ortho intramolecular Hbond substituents is 1. The van der Waals surface area contributed by atoms with Gasteiger partial charge in [-0.3, -0.25) is 5.32 Å². The third-order valence-electron chi connectivity index (χ3n) is 2.49. The highest BCUT2D eigenvalue weighted by atomic mass is 16.6. The van der Waals surface area contributed by atoms with E-state index in [1.165, 1.54) is 6.07 Å². The van der Waals surface area contributed by atoms with Gasteiger partial charge in [0, 0.05) is 0 Å². The summed E-state index contributed by atoms with van der Waals surface area (Å²) in [7, 11) is 0. The van der Waals surface area contributed by atoms with Crippen molar-refractivity contribution in [3.63, 3.8) is 0 Å². The van der Waals surface area contributed by atoms with E-state index in [0.717, 1.165) is 11.1 Å². The Morgan fingerprint density at radius 1 is 1.45 bits per heavy atom. The molecule has 1 amide bonds. The SMILES string of the molecule is C=C(CCN)c1ccc(O)c(NC(=O)OC(C)(C)C)c1. The van der Waals surface area contributed by atoms with Crippen LogP contribution in [0.15, 0.2) is 24.8 Å². The standard InChI is InChI=1S/C15H22N2O3/c1-10(7-8-16)11-5-6-13(18)12(9-11)17-14(19)20-15(2,3)4/h5-6,9,18H,1,7-8,16H2,2-4H3,(H,17,19). The van der Waals surface area contributed by atoms with Gasteiger partial charge in [-0.05, 0) is 57.0 Å². The van der Waals surface area contributed by atoms with Gasteiger partial charge in [-0.1, -0.05) is 12.6 Å². The number of phenols is 1. The summed E-state index contributed by atoms with van der Waals surface area (Å²) in [6.45, 7) is 9.72. The quantitative estimate of drug-likeness (QED) is 0.739. The number of hydrogen-bond acceptors (Lipinski definition) is 4. The zero-order chi connectivity index (χ0) is 15.3. The Labute approximate surface area is 119 Å². The molecule has 0 radical (unpaired) electrons. The van der Waals surface area contributed by atoms with E-state index >= 15 is 0 Å². The number of ether oxygens (including phenoxy) is 1. The molecule has 0 atom stereocenters. The van der Waals surface area contributed by atoms with Gasteiger partial charge < -0.3 is 15.6 Å².